The highest BCUT2D eigenvalue weighted by molar-refractivity contribution is 6.30. The quantitative estimate of drug-likeness (QED) is 0.810. The molecule has 0 spiro atoms. The van der Waals surface area contributed by atoms with E-state index in [0.717, 1.165) is 11.4 Å². The molecule has 1 atom stereocenters. The van der Waals surface area contributed by atoms with Crippen LogP contribution in [0.15, 0.2) is 24.3 Å². The summed E-state index contributed by atoms with van der Waals surface area (Å²) >= 11 is 5.85. The zero-order chi connectivity index (χ0) is 15.3. The van der Waals surface area contributed by atoms with Crippen LogP contribution in [0.5, 0.6) is 0 Å². The van der Waals surface area contributed by atoms with Crippen LogP contribution in [0, 0.1) is 11.3 Å². The molecule has 0 radical (unpaired) electrons. The first kappa shape index (κ1) is 16.3. The number of nitrogens with one attached hydrogen (secondary N) is 1. The van der Waals surface area contributed by atoms with Crippen LogP contribution in [-0.2, 0) is 16.0 Å². The zero-order valence-electron chi connectivity index (χ0n) is 12.3. The van der Waals surface area contributed by atoms with Crippen molar-refractivity contribution in [2.24, 2.45) is 11.3 Å². The van der Waals surface area contributed by atoms with Crippen LogP contribution in [0.3, 0.4) is 0 Å². The molecular formula is C16H22ClNO3. The van der Waals surface area contributed by atoms with Crippen molar-refractivity contribution in [2.45, 2.75) is 19.8 Å². The van der Waals surface area contributed by atoms with Crippen LogP contribution in [0.4, 0.5) is 0 Å². The molecule has 1 aliphatic rings. The smallest absolute Gasteiger partial charge is 0.220 e. The first-order valence-electron chi connectivity index (χ1n) is 7.23. The molecule has 1 aromatic rings. The average molecular weight is 312 g/mol. The Bertz CT molecular complexity index is 465. The highest BCUT2D eigenvalue weighted by atomic mass is 35.5. The third-order valence-corrected chi connectivity index (χ3v) is 4.10. The van der Waals surface area contributed by atoms with Gasteiger partial charge in [-0.2, -0.15) is 0 Å². The molecule has 5 heteroatoms. The van der Waals surface area contributed by atoms with Gasteiger partial charge in [-0.15, -0.1) is 0 Å². The number of hydrogen-bond donors (Lipinski definition) is 2. The molecule has 116 valence electrons. The maximum atomic E-state index is 11.9. The fraction of sp³-hybridized carbons (Fsp3) is 0.562. The van der Waals surface area contributed by atoms with E-state index in [9.17, 15) is 9.90 Å². The van der Waals surface area contributed by atoms with E-state index in [4.69, 9.17) is 16.3 Å². The number of ether oxygens (including phenoxy) is 1. The van der Waals surface area contributed by atoms with Gasteiger partial charge in [0.05, 0.1) is 25.2 Å². The summed E-state index contributed by atoms with van der Waals surface area (Å²) in [5.74, 6) is 0.282. The molecular weight excluding hydrogens is 290 g/mol. The number of rotatable bonds is 7. The minimum Gasteiger partial charge on any atom is -0.396 e. The Morgan fingerprint density at radius 1 is 1.43 bits per heavy atom. The normalized spacial score (nSPS) is 17.9. The van der Waals surface area contributed by atoms with Gasteiger partial charge < -0.3 is 15.2 Å². The van der Waals surface area contributed by atoms with Crippen LogP contribution in [0.2, 0.25) is 5.02 Å². The van der Waals surface area contributed by atoms with Gasteiger partial charge in [0.15, 0.2) is 0 Å². The fourth-order valence-electron chi connectivity index (χ4n) is 2.41. The first-order chi connectivity index (χ1) is 10.0. The van der Waals surface area contributed by atoms with Crippen LogP contribution >= 0.6 is 11.6 Å². The number of halogens is 1. The van der Waals surface area contributed by atoms with Gasteiger partial charge in [0.1, 0.15) is 0 Å². The monoisotopic (exact) mass is 311 g/mol. The number of aliphatic hydroxyl groups is 1. The van der Waals surface area contributed by atoms with Crippen molar-refractivity contribution in [1.29, 1.82) is 0 Å². The number of benzene rings is 1. The molecule has 2 N–H and O–H groups in total. The summed E-state index contributed by atoms with van der Waals surface area (Å²) in [6, 6.07) is 7.71. The molecule has 1 aliphatic heterocycles. The Balaban J connectivity index is 1.73. The second-order valence-corrected chi connectivity index (χ2v) is 6.50. The minimum atomic E-state index is -0.269. The summed E-state index contributed by atoms with van der Waals surface area (Å²) in [5, 5.41) is 12.9. The van der Waals surface area contributed by atoms with Crippen LogP contribution < -0.4 is 5.32 Å². The van der Waals surface area contributed by atoms with Crippen LogP contribution in [0.1, 0.15) is 18.9 Å². The third-order valence-electron chi connectivity index (χ3n) is 3.84. The summed E-state index contributed by atoms with van der Waals surface area (Å²) in [7, 11) is 0. The SMILES string of the molecule is CC(CC(=O)NCC1(CO)COC1)Cc1ccc(Cl)cc1. The molecule has 1 unspecified atom stereocenters. The standard InChI is InChI=1S/C16H22ClNO3/c1-12(6-13-2-4-14(17)5-3-13)7-15(20)18-8-16(9-19)10-21-11-16/h2-5,12,19H,6-11H2,1H3,(H,18,20). The largest absolute Gasteiger partial charge is 0.396 e. The summed E-state index contributed by atoms with van der Waals surface area (Å²) in [5.41, 5.74) is 0.911. The maximum absolute atomic E-state index is 11.9. The Labute approximate surface area is 130 Å². The lowest BCUT2D eigenvalue weighted by atomic mass is 9.87. The van der Waals surface area contributed by atoms with E-state index in [1.165, 1.54) is 5.56 Å². The number of aliphatic hydroxyl groups excluding tert-OH is 1. The van der Waals surface area contributed by atoms with E-state index in [0.29, 0.717) is 26.2 Å². The highest BCUT2D eigenvalue weighted by Crippen LogP contribution is 2.25. The summed E-state index contributed by atoms with van der Waals surface area (Å²) in [6.07, 6.45) is 1.32. The predicted octanol–water partition coefficient (Wildman–Crippen LogP) is 2.03. The summed E-state index contributed by atoms with van der Waals surface area (Å²) < 4.78 is 5.11. The van der Waals surface area contributed by atoms with Crippen molar-refractivity contribution in [3.05, 3.63) is 34.9 Å². The van der Waals surface area contributed by atoms with E-state index < -0.39 is 0 Å². The molecule has 1 amide bonds. The van der Waals surface area contributed by atoms with Crippen molar-refractivity contribution >= 4 is 17.5 Å². The second kappa shape index (κ2) is 7.25. The molecule has 2 rings (SSSR count). The molecule has 0 bridgehead atoms. The van der Waals surface area contributed by atoms with Gasteiger partial charge in [0.25, 0.3) is 0 Å². The van der Waals surface area contributed by atoms with Gasteiger partial charge in [0.2, 0.25) is 5.91 Å². The molecule has 1 aromatic carbocycles. The summed E-state index contributed by atoms with van der Waals surface area (Å²) in [6.45, 7) is 3.63. The van der Waals surface area contributed by atoms with E-state index in [-0.39, 0.29) is 23.8 Å². The molecule has 1 saturated heterocycles. The van der Waals surface area contributed by atoms with Gasteiger partial charge in [-0.05, 0) is 30.0 Å². The predicted molar refractivity (Wildman–Crippen MR) is 82.3 cm³/mol. The Kier molecular flexibility index (Phi) is 5.62. The first-order valence-corrected chi connectivity index (χ1v) is 7.60. The molecule has 0 saturated carbocycles. The lowest BCUT2D eigenvalue weighted by Crippen LogP contribution is -2.53. The fourth-order valence-corrected chi connectivity index (χ4v) is 2.54. The van der Waals surface area contributed by atoms with Crippen molar-refractivity contribution in [2.75, 3.05) is 26.4 Å². The van der Waals surface area contributed by atoms with Gasteiger partial charge in [-0.25, -0.2) is 0 Å². The highest BCUT2D eigenvalue weighted by Gasteiger charge is 2.38. The van der Waals surface area contributed by atoms with Crippen molar-refractivity contribution in [1.82, 2.24) is 5.32 Å². The topological polar surface area (TPSA) is 58.6 Å². The molecule has 21 heavy (non-hydrogen) atoms. The lowest BCUT2D eigenvalue weighted by Gasteiger charge is -2.39. The molecule has 0 aliphatic carbocycles. The summed E-state index contributed by atoms with van der Waals surface area (Å²) in [4.78, 5) is 11.9. The second-order valence-electron chi connectivity index (χ2n) is 6.07. The molecule has 1 fully saturated rings. The zero-order valence-corrected chi connectivity index (χ0v) is 13.0. The molecule has 1 heterocycles. The number of amides is 1. The minimum absolute atomic E-state index is 0.0242. The molecule has 4 nitrogen and oxygen atoms in total. The van der Waals surface area contributed by atoms with Crippen LogP contribution in [0.25, 0.3) is 0 Å². The van der Waals surface area contributed by atoms with Crippen molar-refractivity contribution < 1.29 is 14.6 Å². The van der Waals surface area contributed by atoms with E-state index in [1.54, 1.807) is 0 Å². The number of carbonyl (C=O) groups excluding carboxylic acids is 1. The van der Waals surface area contributed by atoms with Gasteiger partial charge in [-0.1, -0.05) is 30.7 Å². The van der Waals surface area contributed by atoms with E-state index in [2.05, 4.69) is 12.2 Å². The lowest BCUT2D eigenvalue weighted by molar-refractivity contribution is -0.141. The van der Waals surface area contributed by atoms with Gasteiger partial charge in [0, 0.05) is 18.0 Å². The van der Waals surface area contributed by atoms with Gasteiger partial charge >= 0.3 is 0 Å². The van der Waals surface area contributed by atoms with Gasteiger partial charge in [-0.3, -0.25) is 4.79 Å². The molecule has 0 aromatic heterocycles. The van der Waals surface area contributed by atoms with E-state index in [1.807, 2.05) is 24.3 Å². The van der Waals surface area contributed by atoms with Crippen molar-refractivity contribution in [3.63, 3.8) is 0 Å². The average Bonchev–Trinajstić information content (AvgIpc) is 2.40. The Morgan fingerprint density at radius 3 is 2.62 bits per heavy atom. The Morgan fingerprint density at radius 2 is 2.10 bits per heavy atom. The number of carbonyl (C=O) groups is 1. The third kappa shape index (κ3) is 4.70. The number of hydrogen-bond acceptors (Lipinski definition) is 3. The maximum Gasteiger partial charge on any atom is 0.220 e. The Hall–Kier alpha value is -1.10. The van der Waals surface area contributed by atoms with E-state index >= 15 is 0 Å². The van der Waals surface area contributed by atoms with Crippen molar-refractivity contribution in [3.8, 4) is 0 Å². The van der Waals surface area contributed by atoms with Crippen LogP contribution in [-0.4, -0.2) is 37.4 Å².